The van der Waals surface area contributed by atoms with E-state index in [1.807, 2.05) is 6.07 Å². The van der Waals surface area contributed by atoms with Crippen molar-refractivity contribution in [3.63, 3.8) is 0 Å². The number of aryl methyl sites for hydroxylation is 1. The maximum absolute atomic E-state index is 12.9. The van der Waals surface area contributed by atoms with Gasteiger partial charge in [0.2, 0.25) is 0 Å². The number of halogens is 4. The van der Waals surface area contributed by atoms with E-state index in [9.17, 15) is 23.2 Å². The first-order valence-corrected chi connectivity index (χ1v) is 9.77. The van der Waals surface area contributed by atoms with Gasteiger partial charge >= 0.3 is 12.1 Å². The second kappa shape index (κ2) is 9.66. The Morgan fingerprint density at radius 1 is 1.16 bits per heavy atom. The number of aliphatic carboxylic acids is 1. The molecule has 0 fully saturated rings. The lowest BCUT2D eigenvalue weighted by Crippen LogP contribution is -2.05. The van der Waals surface area contributed by atoms with Crippen molar-refractivity contribution in [3.05, 3.63) is 69.9 Å². The van der Waals surface area contributed by atoms with Gasteiger partial charge in [0.25, 0.3) is 0 Å². The fraction of sp³-hybridized carbons (Fsp3) is 0.182. The summed E-state index contributed by atoms with van der Waals surface area (Å²) >= 11 is 6.20. The number of hydrogen-bond donors (Lipinski definition) is 1. The molecule has 0 saturated heterocycles. The molecule has 0 aliphatic rings. The fourth-order valence-corrected chi connectivity index (χ4v) is 3.19. The van der Waals surface area contributed by atoms with Gasteiger partial charge < -0.3 is 5.11 Å². The Morgan fingerprint density at radius 3 is 2.59 bits per heavy atom. The molecule has 0 aliphatic carbocycles. The summed E-state index contributed by atoms with van der Waals surface area (Å²) in [6.45, 7) is 0.226. The first kappa shape index (κ1) is 23.0. The molecule has 1 N–H and O–H groups in total. The van der Waals surface area contributed by atoms with Crippen molar-refractivity contribution in [3.8, 4) is 17.3 Å². The summed E-state index contributed by atoms with van der Waals surface area (Å²) in [5.74, 6) is -0.940. The molecule has 0 unspecified atom stereocenters. The number of carboxylic acids is 1. The first-order chi connectivity index (χ1) is 15.2. The molecule has 0 saturated carbocycles. The average molecular weight is 461 g/mol. The minimum atomic E-state index is -4.43. The number of hydrogen-bond acceptors (Lipinski definition) is 4. The van der Waals surface area contributed by atoms with Gasteiger partial charge in [0, 0.05) is 17.0 Å². The molecule has 0 atom stereocenters. The lowest BCUT2D eigenvalue weighted by atomic mass is 10.0. The summed E-state index contributed by atoms with van der Waals surface area (Å²) < 4.78 is 38.7. The third kappa shape index (κ3) is 5.95. The molecule has 10 heteroatoms. The standard InChI is InChI=1S/C22H16ClF3N4O2/c23-18-11-15(7-6-14-3-1-4-17(10-14)22(24,25)26)9-16(12-18)21-19(13-27)28-30(29-21)8-2-5-20(31)32/h1,3-4,6-7,9-12H,2,5,8H2,(H,31,32)/b7-6+. The van der Waals surface area contributed by atoms with Crippen LogP contribution in [0.3, 0.4) is 0 Å². The second-order valence-electron chi connectivity index (χ2n) is 6.83. The predicted octanol–water partition coefficient (Wildman–Crippen LogP) is 5.52. The van der Waals surface area contributed by atoms with Crippen molar-refractivity contribution in [2.45, 2.75) is 25.6 Å². The molecular weight excluding hydrogens is 445 g/mol. The molecule has 2 aromatic carbocycles. The zero-order chi connectivity index (χ0) is 23.3. The molecule has 0 bridgehead atoms. The number of alkyl halides is 3. The summed E-state index contributed by atoms with van der Waals surface area (Å²) in [6, 6.07) is 11.8. The van der Waals surface area contributed by atoms with Gasteiger partial charge in [-0.15, -0.1) is 5.10 Å². The highest BCUT2D eigenvalue weighted by molar-refractivity contribution is 6.31. The SMILES string of the molecule is N#Cc1nn(CCCC(=O)O)nc1-c1cc(Cl)cc(/C=C/c2cccc(C(F)(F)F)c2)c1. The predicted molar refractivity (Wildman–Crippen MR) is 112 cm³/mol. The average Bonchev–Trinajstić information content (AvgIpc) is 3.14. The normalized spacial score (nSPS) is 11.6. The Balaban J connectivity index is 1.88. The van der Waals surface area contributed by atoms with E-state index in [1.165, 1.54) is 16.9 Å². The summed E-state index contributed by atoms with van der Waals surface area (Å²) in [7, 11) is 0. The summed E-state index contributed by atoms with van der Waals surface area (Å²) in [5, 5.41) is 26.8. The minimum absolute atomic E-state index is 0.0513. The van der Waals surface area contributed by atoms with Crippen molar-refractivity contribution >= 4 is 29.7 Å². The highest BCUT2D eigenvalue weighted by Gasteiger charge is 2.30. The molecule has 0 radical (unpaired) electrons. The molecule has 164 valence electrons. The Labute approximate surface area is 186 Å². The van der Waals surface area contributed by atoms with Crippen LogP contribution in [-0.2, 0) is 17.5 Å². The monoisotopic (exact) mass is 460 g/mol. The maximum Gasteiger partial charge on any atom is 0.416 e. The van der Waals surface area contributed by atoms with Crippen molar-refractivity contribution in [2.75, 3.05) is 0 Å². The van der Waals surface area contributed by atoms with Crippen LogP contribution in [0.4, 0.5) is 13.2 Å². The van der Waals surface area contributed by atoms with Crippen LogP contribution in [0.25, 0.3) is 23.4 Å². The Hall–Kier alpha value is -3.64. The van der Waals surface area contributed by atoms with Gasteiger partial charge in [0.05, 0.1) is 12.1 Å². The molecule has 6 nitrogen and oxygen atoms in total. The maximum atomic E-state index is 12.9. The van der Waals surface area contributed by atoms with Crippen LogP contribution < -0.4 is 0 Å². The molecule has 0 aliphatic heterocycles. The van der Waals surface area contributed by atoms with Crippen LogP contribution in [0.5, 0.6) is 0 Å². The smallest absolute Gasteiger partial charge is 0.416 e. The van der Waals surface area contributed by atoms with E-state index >= 15 is 0 Å². The van der Waals surface area contributed by atoms with Gasteiger partial charge in [-0.2, -0.15) is 28.3 Å². The first-order valence-electron chi connectivity index (χ1n) is 9.39. The van der Waals surface area contributed by atoms with E-state index < -0.39 is 17.7 Å². The van der Waals surface area contributed by atoms with Gasteiger partial charge in [-0.25, -0.2) is 0 Å². The minimum Gasteiger partial charge on any atom is -0.481 e. The van der Waals surface area contributed by atoms with Gasteiger partial charge in [-0.05, 0) is 47.9 Å². The van der Waals surface area contributed by atoms with Crippen LogP contribution in [-0.4, -0.2) is 26.1 Å². The Bertz CT molecular complexity index is 1210. The number of carbonyl (C=O) groups is 1. The molecule has 32 heavy (non-hydrogen) atoms. The van der Waals surface area contributed by atoms with E-state index in [1.54, 1.807) is 30.3 Å². The summed E-state index contributed by atoms with van der Waals surface area (Å²) in [6.07, 6.45) is -1.06. The highest BCUT2D eigenvalue weighted by Crippen LogP contribution is 2.30. The largest absolute Gasteiger partial charge is 0.481 e. The van der Waals surface area contributed by atoms with Gasteiger partial charge in [-0.1, -0.05) is 35.9 Å². The van der Waals surface area contributed by atoms with Crippen LogP contribution >= 0.6 is 11.6 Å². The molecule has 3 rings (SSSR count). The lowest BCUT2D eigenvalue weighted by Gasteiger charge is -2.06. The van der Waals surface area contributed by atoms with Crippen LogP contribution in [0.1, 0.15) is 35.2 Å². The van der Waals surface area contributed by atoms with E-state index in [4.69, 9.17) is 16.7 Å². The molecule has 1 aromatic heterocycles. The second-order valence-corrected chi connectivity index (χ2v) is 7.27. The molecule has 0 spiro atoms. The van der Waals surface area contributed by atoms with Gasteiger partial charge in [-0.3, -0.25) is 4.79 Å². The zero-order valence-corrected chi connectivity index (χ0v) is 17.2. The van der Waals surface area contributed by atoms with Crippen molar-refractivity contribution < 1.29 is 23.1 Å². The number of benzene rings is 2. The van der Waals surface area contributed by atoms with Crippen LogP contribution in [0.2, 0.25) is 5.02 Å². The number of nitriles is 1. The molecular formula is C22H16ClF3N4O2. The van der Waals surface area contributed by atoms with E-state index in [0.29, 0.717) is 28.1 Å². The molecule has 0 amide bonds. The van der Waals surface area contributed by atoms with Crippen molar-refractivity contribution in [1.29, 1.82) is 5.26 Å². The lowest BCUT2D eigenvalue weighted by molar-refractivity contribution is -0.138. The summed E-state index contributed by atoms with van der Waals surface area (Å²) in [5.41, 5.74) is 1.04. The van der Waals surface area contributed by atoms with Crippen LogP contribution in [0.15, 0.2) is 42.5 Å². The molecule has 1 heterocycles. The van der Waals surface area contributed by atoms with E-state index in [-0.39, 0.29) is 24.4 Å². The quantitative estimate of drug-likeness (QED) is 0.468. The third-order valence-corrected chi connectivity index (χ3v) is 4.60. The number of rotatable bonds is 7. The van der Waals surface area contributed by atoms with Gasteiger partial charge in [0.15, 0.2) is 5.69 Å². The Kier molecular flexibility index (Phi) is 6.95. The van der Waals surface area contributed by atoms with Gasteiger partial charge in [0.1, 0.15) is 11.8 Å². The molecule has 3 aromatic rings. The van der Waals surface area contributed by atoms with E-state index in [0.717, 1.165) is 12.1 Å². The van der Waals surface area contributed by atoms with Crippen LogP contribution in [0, 0.1) is 11.3 Å². The number of carboxylic acid groups (broad SMARTS) is 1. The fourth-order valence-electron chi connectivity index (χ4n) is 2.95. The third-order valence-electron chi connectivity index (χ3n) is 4.39. The highest BCUT2D eigenvalue weighted by atomic mass is 35.5. The number of nitrogens with zero attached hydrogens (tertiary/aromatic N) is 4. The van der Waals surface area contributed by atoms with E-state index in [2.05, 4.69) is 10.2 Å². The Morgan fingerprint density at radius 2 is 1.91 bits per heavy atom. The summed E-state index contributed by atoms with van der Waals surface area (Å²) in [4.78, 5) is 11.9. The van der Waals surface area contributed by atoms with Crippen molar-refractivity contribution in [2.24, 2.45) is 0 Å². The number of aromatic nitrogens is 3. The topological polar surface area (TPSA) is 91.8 Å². The van der Waals surface area contributed by atoms with Crippen molar-refractivity contribution in [1.82, 2.24) is 15.0 Å². The zero-order valence-electron chi connectivity index (χ0n) is 16.5.